The predicted molar refractivity (Wildman–Crippen MR) is 54.8 cm³/mol. The van der Waals surface area contributed by atoms with Gasteiger partial charge in [-0.1, -0.05) is 0 Å². The van der Waals surface area contributed by atoms with Crippen molar-refractivity contribution in [2.45, 2.75) is 12.4 Å². The molecule has 17 heavy (non-hydrogen) atoms. The van der Waals surface area contributed by atoms with Crippen LogP contribution >= 0.6 is 22.6 Å². The molecule has 0 atom stereocenters. The molecule has 94 valence electrons. The molecule has 0 heterocycles. The number of rotatable bonds is 1. The second-order valence-electron chi connectivity index (χ2n) is 3.07. The Bertz CT molecular complexity index is 416. The lowest BCUT2D eigenvalue weighted by Gasteiger charge is -2.12. The highest BCUT2D eigenvalue weighted by Crippen LogP contribution is 2.36. The minimum atomic E-state index is -4.93. The molecular weight excluding hydrogens is 365 g/mol. The summed E-state index contributed by atoms with van der Waals surface area (Å²) in [5.41, 5.74) is -3.62. The highest BCUT2D eigenvalue weighted by atomic mass is 127. The zero-order valence-corrected chi connectivity index (χ0v) is 9.94. The molecule has 1 nitrogen and oxygen atoms in total. The van der Waals surface area contributed by atoms with Crippen molar-refractivity contribution in [3.8, 4) is 0 Å². The van der Waals surface area contributed by atoms with Crippen LogP contribution in [0.4, 0.5) is 26.3 Å². The molecule has 0 radical (unpaired) electrons. The Balaban J connectivity index is 3.45. The first-order valence-electron chi connectivity index (χ1n) is 4.01. The van der Waals surface area contributed by atoms with Crippen molar-refractivity contribution in [3.63, 3.8) is 0 Å². The molecule has 0 amide bonds. The summed E-state index contributed by atoms with van der Waals surface area (Å²) in [5.74, 6) is 0. The molecule has 0 saturated carbocycles. The average Bonchev–Trinajstić information content (AvgIpc) is 2.14. The van der Waals surface area contributed by atoms with E-state index >= 15 is 0 Å². The summed E-state index contributed by atoms with van der Waals surface area (Å²) in [4.78, 5) is 10.9. The zero-order valence-electron chi connectivity index (χ0n) is 7.79. The summed E-state index contributed by atoms with van der Waals surface area (Å²) in [7, 11) is 0. The van der Waals surface area contributed by atoms with Crippen LogP contribution < -0.4 is 0 Å². The van der Waals surface area contributed by atoms with Crippen molar-refractivity contribution >= 4 is 26.4 Å². The van der Waals surface area contributed by atoms with Gasteiger partial charge in [0.2, 0.25) is 3.79 Å². The predicted octanol–water partition coefficient (Wildman–Crippen LogP) is 4.30. The average molecular weight is 368 g/mol. The summed E-state index contributed by atoms with van der Waals surface area (Å²) < 4.78 is 73.0. The van der Waals surface area contributed by atoms with Gasteiger partial charge in [0, 0.05) is 28.2 Å². The van der Waals surface area contributed by atoms with E-state index in [9.17, 15) is 31.1 Å². The number of halogens is 7. The molecular formula is C9H3F6IO. The Hall–Kier alpha value is -0.800. The highest BCUT2D eigenvalue weighted by Gasteiger charge is 2.37. The fourth-order valence-electron chi connectivity index (χ4n) is 1.07. The van der Waals surface area contributed by atoms with Crippen LogP contribution in [0.25, 0.3) is 0 Å². The van der Waals surface area contributed by atoms with Crippen LogP contribution in [-0.2, 0) is 12.4 Å². The maximum absolute atomic E-state index is 12.3. The first-order valence-corrected chi connectivity index (χ1v) is 5.09. The van der Waals surface area contributed by atoms with E-state index in [0.717, 1.165) is 22.6 Å². The summed E-state index contributed by atoms with van der Waals surface area (Å²) >= 11 is 1.12. The number of carbonyl (C=O) groups is 1. The van der Waals surface area contributed by atoms with Crippen molar-refractivity contribution < 1.29 is 31.1 Å². The molecule has 8 heteroatoms. The van der Waals surface area contributed by atoms with Gasteiger partial charge in [-0.3, -0.25) is 4.79 Å². The Morgan fingerprint density at radius 1 is 0.882 bits per heavy atom. The third-order valence-corrected chi connectivity index (χ3v) is 2.44. The van der Waals surface area contributed by atoms with Crippen LogP contribution in [-0.4, -0.2) is 3.79 Å². The van der Waals surface area contributed by atoms with Crippen LogP contribution in [0.15, 0.2) is 18.2 Å². The molecule has 0 unspecified atom stereocenters. The summed E-state index contributed by atoms with van der Waals surface area (Å²) in [6.07, 6.45) is -9.86. The Labute approximate surface area is 105 Å². The van der Waals surface area contributed by atoms with Gasteiger partial charge in [-0.25, -0.2) is 0 Å². The van der Waals surface area contributed by atoms with E-state index < -0.39 is 32.8 Å². The second kappa shape index (κ2) is 4.46. The van der Waals surface area contributed by atoms with Gasteiger partial charge in [0.15, 0.2) is 0 Å². The fourth-order valence-corrected chi connectivity index (χ4v) is 1.38. The number of alkyl halides is 6. The minimum absolute atomic E-state index is 0.0247. The van der Waals surface area contributed by atoms with Crippen LogP contribution in [0, 0.1) is 0 Å². The molecule has 0 aliphatic heterocycles. The number of benzene rings is 1. The number of hydrogen-bond acceptors (Lipinski definition) is 1. The molecule has 0 aliphatic carbocycles. The first kappa shape index (κ1) is 14.3. The normalized spacial score (nSPS) is 12.6. The van der Waals surface area contributed by atoms with Crippen molar-refractivity contribution in [3.05, 3.63) is 34.9 Å². The van der Waals surface area contributed by atoms with Gasteiger partial charge in [-0.05, 0) is 18.2 Å². The van der Waals surface area contributed by atoms with Crippen LogP contribution in [0.2, 0.25) is 0 Å². The summed E-state index contributed by atoms with van der Waals surface area (Å²) in [6.45, 7) is 0. The lowest BCUT2D eigenvalue weighted by atomic mass is 10.1. The van der Waals surface area contributed by atoms with E-state index in [1.54, 1.807) is 0 Å². The smallest absolute Gasteiger partial charge is 0.282 e. The highest BCUT2D eigenvalue weighted by molar-refractivity contribution is 14.1. The third-order valence-electron chi connectivity index (χ3n) is 1.81. The van der Waals surface area contributed by atoms with Gasteiger partial charge in [-0.2, -0.15) is 26.3 Å². The van der Waals surface area contributed by atoms with E-state index in [2.05, 4.69) is 0 Å². The molecule has 0 saturated heterocycles. The van der Waals surface area contributed by atoms with Crippen molar-refractivity contribution in [2.24, 2.45) is 0 Å². The van der Waals surface area contributed by atoms with E-state index in [4.69, 9.17) is 0 Å². The molecule has 1 rings (SSSR count). The monoisotopic (exact) mass is 368 g/mol. The van der Waals surface area contributed by atoms with Crippen molar-refractivity contribution in [1.82, 2.24) is 0 Å². The van der Waals surface area contributed by atoms with Crippen LogP contribution in [0.5, 0.6) is 0 Å². The largest absolute Gasteiger partial charge is 0.416 e. The molecule has 0 spiro atoms. The van der Waals surface area contributed by atoms with Gasteiger partial charge in [0.25, 0.3) is 0 Å². The molecule has 1 aromatic carbocycles. The van der Waals surface area contributed by atoms with Gasteiger partial charge in [0.05, 0.1) is 11.1 Å². The summed E-state index contributed by atoms with van der Waals surface area (Å²) in [6, 6.07) is 0.761. The summed E-state index contributed by atoms with van der Waals surface area (Å²) in [5, 5.41) is 0. The van der Waals surface area contributed by atoms with Crippen LogP contribution in [0.3, 0.4) is 0 Å². The van der Waals surface area contributed by atoms with E-state index in [-0.39, 0.29) is 6.07 Å². The zero-order chi connectivity index (χ0) is 13.4. The lowest BCUT2D eigenvalue weighted by molar-refractivity contribution is -0.143. The van der Waals surface area contributed by atoms with E-state index in [0.29, 0.717) is 12.1 Å². The maximum Gasteiger partial charge on any atom is 0.416 e. The number of carbonyl (C=O) groups excluding carboxylic acids is 1. The van der Waals surface area contributed by atoms with Crippen molar-refractivity contribution in [2.75, 3.05) is 0 Å². The van der Waals surface area contributed by atoms with Crippen molar-refractivity contribution in [1.29, 1.82) is 0 Å². The first-order chi connectivity index (χ1) is 7.51. The van der Waals surface area contributed by atoms with Crippen LogP contribution in [0.1, 0.15) is 21.5 Å². The Morgan fingerprint density at radius 2 is 1.24 bits per heavy atom. The number of hydrogen-bond donors (Lipinski definition) is 0. The molecule has 1 aromatic rings. The van der Waals surface area contributed by atoms with E-state index in [1.807, 2.05) is 0 Å². The standard InChI is InChI=1S/C9H3F6IO/c10-8(11,12)5-1-4(7(16)17)2-6(3-5)9(13,14)15/h1-3H. The van der Waals surface area contributed by atoms with Gasteiger partial charge in [0.1, 0.15) is 0 Å². The van der Waals surface area contributed by atoms with Gasteiger partial charge < -0.3 is 0 Å². The van der Waals surface area contributed by atoms with E-state index in [1.165, 1.54) is 0 Å². The molecule has 0 bridgehead atoms. The maximum atomic E-state index is 12.3. The topological polar surface area (TPSA) is 17.1 Å². The van der Waals surface area contributed by atoms with Gasteiger partial charge in [-0.15, -0.1) is 0 Å². The lowest BCUT2D eigenvalue weighted by Crippen LogP contribution is -2.12. The fraction of sp³-hybridized carbons (Fsp3) is 0.222. The second-order valence-corrected chi connectivity index (χ2v) is 4.05. The third kappa shape index (κ3) is 3.58. The van der Waals surface area contributed by atoms with Gasteiger partial charge >= 0.3 is 12.4 Å². The molecule has 0 aromatic heterocycles. The molecule has 0 fully saturated rings. The molecule has 0 aliphatic rings. The minimum Gasteiger partial charge on any atom is -0.282 e. The Kier molecular flexibility index (Phi) is 3.75. The Morgan fingerprint density at radius 3 is 1.47 bits per heavy atom. The molecule has 0 N–H and O–H groups in total. The quantitative estimate of drug-likeness (QED) is 0.411. The SMILES string of the molecule is O=C(I)c1cc(C(F)(F)F)cc(C(F)(F)F)c1.